The van der Waals surface area contributed by atoms with Gasteiger partial charge in [-0.3, -0.25) is 4.79 Å². The molecule has 0 aliphatic heterocycles. The number of ether oxygens (including phenoxy) is 2. The molecule has 0 unspecified atom stereocenters. The summed E-state index contributed by atoms with van der Waals surface area (Å²) in [5.74, 6) is -2.22. The minimum absolute atomic E-state index is 0.0739. The Morgan fingerprint density at radius 2 is 1.52 bits per heavy atom. The molecule has 0 radical (unpaired) electrons. The van der Waals surface area contributed by atoms with E-state index in [2.05, 4.69) is 21.2 Å². The van der Waals surface area contributed by atoms with E-state index in [9.17, 15) is 14.4 Å². The normalized spacial score (nSPS) is 17.9. The van der Waals surface area contributed by atoms with Crippen LogP contribution >= 0.6 is 15.9 Å². The maximum absolute atomic E-state index is 13.3. The van der Waals surface area contributed by atoms with E-state index in [1.165, 1.54) is 14.2 Å². The molecule has 2 aromatic rings. The van der Waals surface area contributed by atoms with Crippen LogP contribution in [-0.2, 0) is 19.1 Å². The summed E-state index contributed by atoms with van der Waals surface area (Å²) in [4.78, 5) is 39.2. The number of amides is 1. The summed E-state index contributed by atoms with van der Waals surface area (Å²) in [6.07, 6.45) is 1.93. The highest BCUT2D eigenvalue weighted by Gasteiger charge is 2.41. The molecule has 0 saturated heterocycles. The van der Waals surface area contributed by atoms with Gasteiger partial charge in [-0.2, -0.15) is 0 Å². The Morgan fingerprint density at radius 3 is 2.09 bits per heavy atom. The zero-order chi connectivity index (χ0) is 24.1. The van der Waals surface area contributed by atoms with Gasteiger partial charge in [-0.1, -0.05) is 62.4 Å². The third-order valence-electron chi connectivity index (χ3n) is 5.59. The Kier molecular flexibility index (Phi) is 7.87. The van der Waals surface area contributed by atoms with Crippen molar-refractivity contribution in [3.63, 3.8) is 0 Å². The van der Waals surface area contributed by atoms with Gasteiger partial charge in [0.2, 0.25) is 0 Å². The topological polar surface area (TPSA) is 81.7 Å². The van der Waals surface area contributed by atoms with Gasteiger partial charge in [-0.05, 0) is 45.1 Å². The van der Waals surface area contributed by atoms with E-state index in [-0.39, 0.29) is 23.0 Å². The molecular formula is C26H26BrNO5. The highest BCUT2D eigenvalue weighted by molar-refractivity contribution is 9.10. The van der Waals surface area contributed by atoms with E-state index in [0.717, 1.165) is 5.56 Å². The van der Waals surface area contributed by atoms with Gasteiger partial charge in [0.15, 0.2) is 0 Å². The largest absolute Gasteiger partial charge is 0.466 e. The van der Waals surface area contributed by atoms with Crippen LogP contribution < -0.4 is 5.32 Å². The number of nitrogens with one attached hydrogen (secondary N) is 1. The van der Waals surface area contributed by atoms with E-state index in [4.69, 9.17) is 9.47 Å². The third-order valence-corrected chi connectivity index (χ3v) is 6.29. The highest BCUT2D eigenvalue weighted by Crippen LogP contribution is 2.39. The number of hydrogen-bond acceptors (Lipinski definition) is 5. The van der Waals surface area contributed by atoms with Crippen LogP contribution in [0.1, 0.15) is 35.7 Å². The fourth-order valence-electron chi connectivity index (χ4n) is 4.00. The molecule has 33 heavy (non-hydrogen) atoms. The first kappa shape index (κ1) is 24.5. The minimum Gasteiger partial charge on any atom is -0.466 e. The number of benzene rings is 2. The first-order chi connectivity index (χ1) is 15.8. The molecule has 2 atom stereocenters. The summed E-state index contributed by atoms with van der Waals surface area (Å²) >= 11 is 3.40. The Hall–Kier alpha value is -3.19. The minimum atomic E-state index is -0.851. The van der Waals surface area contributed by atoms with Crippen LogP contribution in [0.2, 0.25) is 0 Å². The van der Waals surface area contributed by atoms with Gasteiger partial charge in [0.05, 0.1) is 37.0 Å². The molecule has 3 rings (SSSR count). The fraction of sp³-hybridized carbons (Fsp3) is 0.269. The average molecular weight is 512 g/mol. The van der Waals surface area contributed by atoms with E-state index >= 15 is 0 Å². The van der Waals surface area contributed by atoms with Crippen LogP contribution in [0.15, 0.2) is 81.9 Å². The second-order valence-corrected chi connectivity index (χ2v) is 8.77. The molecule has 1 aliphatic rings. The second kappa shape index (κ2) is 10.6. The molecule has 0 fully saturated rings. The number of hydrogen-bond donors (Lipinski definition) is 1. The number of esters is 2. The van der Waals surface area contributed by atoms with Crippen molar-refractivity contribution in [3.8, 4) is 0 Å². The maximum atomic E-state index is 13.3. The van der Waals surface area contributed by atoms with Gasteiger partial charge < -0.3 is 14.8 Å². The van der Waals surface area contributed by atoms with Crippen molar-refractivity contribution in [1.29, 1.82) is 0 Å². The summed E-state index contributed by atoms with van der Waals surface area (Å²) < 4.78 is 10.7. The van der Waals surface area contributed by atoms with Crippen LogP contribution in [0.4, 0.5) is 0 Å². The Balaban J connectivity index is 2.23. The Labute approximate surface area is 201 Å². The van der Waals surface area contributed by atoms with E-state index in [1.54, 1.807) is 24.3 Å². The monoisotopic (exact) mass is 511 g/mol. The van der Waals surface area contributed by atoms with Gasteiger partial charge >= 0.3 is 11.9 Å². The van der Waals surface area contributed by atoms with Gasteiger partial charge in [0, 0.05) is 10.4 Å². The molecule has 0 heterocycles. The van der Waals surface area contributed by atoms with Crippen molar-refractivity contribution in [2.24, 2.45) is 5.92 Å². The van der Waals surface area contributed by atoms with Crippen LogP contribution in [-0.4, -0.2) is 38.1 Å². The van der Waals surface area contributed by atoms with Crippen LogP contribution in [0.25, 0.3) is 0 Å². The van der Waals surface area contributed by atoms with Crippen LogP contribution in [0, 0.1) is 5.92 Å². The lowest BCUT2D eigenvalue weighted by atomic mass is 9.74. The Bertz CT molecular complexity index is 1120. The smallest absolute Gasteiger partial charge is 0.338 e. The van der Waals surface area contributed by atoms with Gasteiger partial charge in [-0.15, -0.1) is 0 Å². The quantitative estimate of drug-likeness (QED) is 0.574. The molecule has 0 bridgehead atoms. The van der Waals surface area contributed by atoms with Crippen LogP contribution in [0.5, 0.6) is 0 Å². The number of carbonyl (C=O) groups excluding carboxylic acids is 3. The molecule has 2 aromatic carbocycles. The molecule has 0 spiro atoms. The number of halogens is 1. The zero-order valence-corrected chi connectivity index (χ0v) is 20.5. The number of carbonyl (C=O) groups is 3. The molecule has 0 aromatic heterocycles. The molecule has 1 N–H and O–H groups in total. The van der Waals surface area contributed by atoms with Crippen molar-refractivity contribution in [2.75, 3.05) is 14.2 Å². The lowest BCUT2D eigenvalue weighted by Gasteiger charge is -2.34. The summed E-state index contributed by atoms with van der Waals surface area (Å²) in [7, 11) is 2.52. The highest BCUT2D eigenvalue weighted by atomic mass is 79.9. The summed E-state index contributed by atoms with van der Waals surface area (Å²) in [6.45, 7) is 3.87. The lowest BCUT2D eigenvalue weighted by molar-refractivity contribution is -0.139. The number of rotatable bonds is 6. The summed E-state index contributed by atoms with van der Waals surface area (Å²) in [6, 6.07) is 15.7. The maximum Gasteiger partial charge on any atom is 0.338 e. The van der Waals surface area contributed by atoms with Gasteiger partial charge in [0.25, 0.3) is 5.91 Å². The standard InChI is InChI=1S/C26H26BrNO5/c1-15(2)18-14-19(16-10-6-5-7-11-16)23(22(26(31)33-4)21(18)25(30)32-3)28-24(29)17-12-8-9-13-20(17)27/h5-15,19,23H,1-4H3,(H,28,29)/t19-,23-/m1/s1. The first-order valence-electron chi connectivity index (χ1n) is 10.5. The van der Waals surface area contributed by atoms with Crippen molar-refractivity contribution in [1.82, 2.24) is 5.32 Å². The van der Waals surface area contributed by atoms with Crippen molar-refractivity contribution in [3.05, 3.63) is 93.0 Å². The zero-order valence-electron chi connectivity index (χ0n) is 18.9. The van der Waals surface area contributed by atoms with E-state index in [0.29, 0.717) is 15.6 Å². The van der Waals surface area contributed by atoms with Crippen molar-refractivity contribution >= 4 is 33.8 Å². The molecule has 172 valence electrons. The molecule has 1 amide bonds. The van der Waals surface area contributed by atoms with Gasteiger partial charge in [-0.25, -0.2) is 9.59 Å². The van der Waals surface area contributed by atoms with Gasteiger partial charge in [0.1, 0.15) is 0 Å². The SMILES string of the molecule is COC(=O)C1=C(C(=O)OC)[C@H](NC(=O)c2ccccc2Br)[C@@H](c2ccccc2)C=C1C(C)C. The fourth-order valence-corrected chi connectivity index (χ4v) is 4.47. The molecule has 7 heteroatoms. The summed E-state index contributed by atoms with van der Waals surface area (Å²) in [5, 5.41) is 2.98. The van der Waals surface area contributed by atoms with E-state index in [1.807, 2.05) is 50.3 Å². The third kappa shape index (κ3) is 5.09. The second-order valence-electron chi connectivity index (χ2n) is 7.92. The van der Waals surface area contributed by atoms with E-state index < -0.39 is 23.9 Å². The average Bonchev–Trinajstić information content (AvgIpc) is 2.83. The molecule has 6 nitrogen and oxygen atoms in total. The number of methoxy groups -OCH3 is 2. The Morgan fingerprint density at radius 1 is 0.909 bits per heavy atom. The summed E-state index contributed by atoms with van der Waals surface area (Å²) in [5.41, 5.74) is 2.17. The first-order valence-corrected chi connectivity index (χ1v) is 11.3. The molecular weight excluding hydrogens is 486 g/mol. The van der Waals surface area contributed by atoms with Crippen LogP contribution in [0.3, 0.4) is 0 Å². The van der Waals surface area contributed by atoms with Crippen molar-refractivity contribution < 1.29 is 23.9 Å². The predicted octanol–water partition coefficient (Wildman–Crippen LogP) is 4.57. The van der Waals surface area contributed by atoms with Crippen molar-refractivity contribution in [2.45, 2.75) is 25.8 Å². The lowest BCUT2D eigenvalue weighted by Crippen LogP contribution is -2.45. The molecule has 1 aliphatic carbocycles. The molecule has 0 saturated carbocycles. The predicted molar refractivity (Wildman–Crippen MR) is 129 cm³/mol.